The molecule has 0 atom stereocenters. The zero-order valence-corrected chi connectivity index (χ0v) is 17.9. The predicted octanol–water partition coefficient (Wildman–Crippen LogP) is 6.30. The molecule has 0 amide bonds. The maximum atomic E-state index is 6.37. The Hall–Kier alpha value is -2.21. The minimum absolute atomic E-state index is 0.492. The summed E-state index contributed by atoms with van der Waals surface area (Å²) in [6.07, 6.45) is 1.64. The highest BCUT2D eigenvalue weighted by Gasteiger charge is 2.16. The second-order valence-electron chi connectivity index (χ2n) is 6.31. The standard InChI is InChI=1S/C21H20Cl2N2O2S/c1-14-5-8-20(26-2)19(10-14)24-21(28)25(13-17-4-3-9-27-17)12-15-6-7-16(22)11-18(15)23/h3-11H,12-13H2,1-2H3,(H,24,28). The molecule has 28 heavy (non-hydrogen) atoms. The Morgan fingerprint density at radius 2 is 1.96 bits per heavy atom. The number of hydrogen-bond acceptors (Lipinski definition) is 3. The minimum Gasteiger partial charge on any atom is -0.495 e. The fourth-order valence-corrected chi connectivity index (χ4v) is 3.47. The zero-order chi connectivity index (χ0) is 20.1. The summed E-state index contributed by atoms with van der Waals surface area (Å²) >= 11 is 18.1. The van der Waals surface area contributed by atoms with Crippen molar-refractivity contribution in [2.75, 3.05) is 12.4 Å². The van der Waals surface area contributed by atoms with E-state index in [0.29, 0.717) is 28.2 Å². The quantitative estimate of drug-likeness (QED) is 0.460. The van der Waals surface area contributed by atoms with Crippen molar-refractivity contribution in [3.05, 3.63) is 81.7 Å². The maximum Gasteiger partial charge on any atom is 0.174 e. The number of rotatable bonds is 6. The fraction of sp³-hybridized carbons (Fsp3) is 0.190. The minimum atomic E-state index is 0.492. The third-order valence-electron chi connectivity index (χ3n) is 4.19. The average molecular weight is 435 g/mol. The van der Waals surface area contributed by atoms with Crippen LogP contribution in [0, 0.1) is 6.92 Å². The van der Waals surface area contributed by atoms with E-state index in [9.17, 15) is 0 Å². The van der Waals surface area contributed by atoms with Gasteiger partial charge in [0.25, 0.3) is 0 Å². The summed E-state index contributed by atoms with van der Waals surface area (Å²) in [5, 5.41) is 5.01. The van der Waals surface area contributed by atoms with Gasteiger partial charge in [-0.2, -0.15) is 0 Å². The average Bonchev–Trinajstić information content (AvgIpc) is 3.16. The van der Waals surface area contributed by atoms with Crippen molar-refractivity contribution in [1.82, 2.24) is 4.90 Å². The van der Waals surface area contributed by atoms with Crippen molar-refractivity contribution in [2.24, 2.45) is 0 Å². The Morgan fingerprint density at radius 3 is 2.64 bits per heavy atom. The number of thiocarbonyl (C=S) groups is 1. The lowest BCUT2D eigenvalue weighted by atomic mass is 10.2. The molecule has 0 aliphatic rings. The van der Waals surface area contributed by atoms with Crippen LogP contribution in [-0.2, 0) is 13.1 Å². The molecule has 4 nitrogen and oxygen atoms in total. The van der Waals surface area contributed by atoms with Crippen molar-refractivity contribution < 1.29 is 9.15 Å². The van der Waals surface area contributed by atoms with Crippen LogP contribution in [0.3, 0.4) is 0 Å². The number of ether oxygens (including phenoxy) is 1. The molecule has 2 aromatic carbocycles. The molecule has 0 aliphatic heterocycles. The van der Waals surface area contributed by atoms with Crippen LogP contribution in [0.25, 0.3) is 0 Å². The van der Waals surface area contributed by atoms with E-state index in [4.69, 9.17) is 44.6 Å². The fourth-order valence-electron chi connectivity index (χ4n) is 2.76. The molecule has 0 unspecified atom stereocenters. The van der Waals surface area contributed by atoms with Crippen molar-refractivity contribution in [1.29, 1.82) is 0 Å². The summed E-state index contributed by atoms with van der Waals surface area (Å²) in [5.41, 5.74) is 2.82. The van der Waals surface area contributed by atoms with E-state index in [1.807, 2.05) is 54.3 Å². The number of nitrogens with zero attached hydrogens (tertiary/aromatic N) is 1. The molecule has 0 saturated carbocycles. The number of anilines is 1. The molecular formula is C21H20Cl2N2O2S. The lowest BCUT2D eigenvalue weighted by Gasteiger charge is -2.26. The van der Waals surface area contributed by atoms with Gasteiger partial charge in [-0.05, 0) is 66.7 Å². The molecular weight excluding hydrogens is 415 g/mol. The summed E-state index contributed by atoms with van der Waals surface area (Å²) in [5.74, 6) is 1.51. The molecule has 1 heterocycles. The van der Waals surface area contributed by atoms with E-state index >= 15 is 0 Å². The highest BCUT2D eigenvalue weighted by Crippen LogP contribution is 2.27. The van der Waals surface area contributed by atoms with E-state index < -0.39 is 0 Å². The van der Waals surface area contributed by atoms with Gasteiger partial charge in [0.05, 0.1) is 25.6 Å². The van der Waals surface area contributed by atoms with Gasteiger partial charge in [0.15, 0.2) is 5.11 Å². The molecule has 7 heteroatoms. The van der Waals surface area contributed by atoms with Crippen LogP contribution >= 0.6 is 35.4 Å². The van der Waals surface area contributed by atoms with E-state index in [-0.39, 0.29) is 0 Å². The van der Waals surface area contributed by atoms with Crippen LogP contribution in [0.15, 0.2) is 59.2 Å². The smallest absolute Gasteiger partial charge is 0.174 e. The van der Waals surface area contributed by atoms with Crippen LogP contribution in [0.4, 0.5) is 5.69 Å². The summed E-state index contributed by atoms with van der Waals surface area (Å²) in [7, 11) is 1.63. The largest absolute Gasteiger partial charge is 0.495 e. The third kappa shape index (κ3) is 5.19. The third-order valence-corrected chi connectivity index (χ3v) is 5.13. The topological polar surface area (TPSA) is 37.6 Å². The van der Waals surface area contributed by atoms with Gasteiger partial charge < -0.3 is 19.4 Å². The van der Waals surface area contributed by atoms with Crippen LogP contribution in [0.2, 0.25) is 10.0 Å². The van der Waals surface area contributed by atoms with Crippen molar-refractivity contribution in [3.8, 4) is 5.75 Å². The van der Waals surface area contributed by atoms with Crippen LogP contribution in [0.1, 0.15) is 16.9 Å². The van der Waals surface area contributed by atoms with E-state index in [2.05, 4.69) is 5.32 Å². The second-order valence-corrected chi connectivity index (χ2v) is 7.54. The van der Waals surface area contributed by atoms with Crippen molar-refractivity contribution in [2.45, 2.75) is 20.0 Å². The Balaban J connectivity index is 1.85. The van der Waals surface area contributed by atoms with Crippen molar-refractivity contribution >= 4 is 46.2 Å². The zero-order valence-electron chi connectivity index (χ0n) is 15.5. The Kier molecular flexibility index (Phi) is 6.83. The Morgan fingerprint density at radius 1 is 1.14 bits per heavy atom. The molecule has 146 valence electrons. The van der Waals surface area contributed by atoms with Gasteiger partial charge in [-0.3, -0.25) is 0 Å². The summed E-state index contributed by atoms with van der Waals surface area (Å²) < 4.78 is 11.0. The van der Waals surface area contributed by atoms with E-state index in [1.54, 1.807) is 19.4 Å². The first-order chi connectivity index (χ1) is 13.5. The number of aryl methyl sites for hydroxylation is 1. The van der Waals surface area contributed by atoms with E-state index in [1.165, 1.54) is 0 Å². The second kappa shape index (κ2) is 9.32. The summed E-state index contributed by atoms with van der Waals surface area (Å²) in [4.78, 5) is 1.98. The molecule has 0 aliphatic carbocycles. The molecule has 0 radical (unpaired) electrons. The van der Waals surface area contributed by atoms with Gasteiger partial charge >= 0.3 is 0 Å². The molecule has 1 N–H and O–H groups in total. The van der Waals surface area contributed by atoms with Gasteiger partial charge in [-0.25, -0.2) is 0 Å². The van der Waals surface area contributed by atoms with Crippen molar-refractivity contribution in [3.63, 3.8) is 0 Å². The maximum absolute atomic E-state index is 6.37. The van der Waals surface area contributed by atoms with Gasteiger partial charge in [0, 0.05) is 16.6 Å². The summed E-state index contributed by atoms with van der Waals surface area (Å²) in [6, 6.07) is 15.1. The molecule has 3 aromatic rings. The first-order valence-corrected chi connectivity index (χ1v) is 9.79. The van der Waals surface area contributed by atoms with Gasteiger partial charge in [0.1, 0.15) is 11.5 Å². The molecule has 0 saturated heterocycles. The van der Waals surface area contributed by atoms with Crippen LogP contribution in [0.5, 0.6) is 5.75 Å². The van der Waals surface area contributed by atoms with Gasteiger partial charge in [0.2, 0.25) is 0 Å². The lowest BCUT2D eigenvalue weighted by Crippen LogP contribution is -2.34. The van der Waals surface area contributed by atoms with Crippen LogP contribution in [-0.4, -0.2) is 17.1 Å². The molecule has 1 aromatic heterocycles. The molecule has 3 rings (SSSR count). The lowest BCUT2D eigenvalue weighted by molar-refractivity contribution is 0.360. The molecule has 0 bridgehead atoms. The predicted molar refractivity (Wildman–Crippen MR) is 118 cm³/mol. The first kappa shape index (κ1) is 20.5. The SMILES string of the molecule is COc1ccc(C)cc1NC(=S)N(Cc1ccco1)Cc1ccc(Cl)cc1Cl. The first-order valence-electron chi connectivity index (χ1n) is 8.63. The summed E-state index contributed by atoms with van der Waals surface area (Å²) in [6.45, 7) is 3.00. The number of nitrogens with one attached hydrogen (secondary N) is 1. The van der Waals surface area contributed by atoms with Gasteiger partial charge in [-0.1, -0.05) is 35.3 Å². The van der Waals surface area contributed by atoms with Crippen LogP contribution < -0.4 is 10.1 Å². The normalized spacial score (nSPS) is 10.6. The number of methoxy groups -OCH3 is 1. The molecule has 0 fully saturated rings. The number of hydrogen-bond donors (Lipinski definition) is 1. The number of furan rings is 1. The molecule has 0 spiro atoms. The highest BCUT2D eigenvalue weighted by molar-refractivity contribution is 7.80. The monoisotopic (exact) mass is 434 g/mol. The van der Waals surface area contributed by atoms with Gasteiger partial charge in [-0.15, -0.1) is 0 Å². The number of halogens is 2. The Labute approximate surface area is 180 Å². The highest BCUT2D eigenvalue weighted by atomic mass is 35.5. The Bertz CT molecular complexity index is 961. The van der Waals surface area contributed by atoms with E-state index in [0.717, 1.165) is 28.3 Å². The number of benzene rings is 2.